The highest BCUT2D eigenvalue weighted by molar-refractivity contribution is 7.88. The first-order valence-corrected chi connectivity index (χ1v) is 14.6. The highest BCUT2D eigenvalue weighted by atomic mass is 35.5. The minimum atomic E-state index is -3.23. The smallest absolute Gasteiger partial charge is 0.230 e. The van der Waals surface area contributed by atoms with Crippen LogP contribution >= 0.6 is 34.8 Å². The van der Waals surface area contributed by atoms with E-state index in [1.165, 1.54) is 10.6 Å². The van der Waals surface area contributed by atoms with Gasteiger partial charge in [-0.15, -0.1) is 0 Å². The Bertz CT molecular complexity index is 1140. The van der Waals surface area contributed by atoms with Crippen LogP contribution in [0.5, 0.6) is 0 Å². The third-order valence-electron chi connectivity index (χ3n) is 6.68. The molecule has 2 aromatic rings. The molecule has 1 amide bonds. The molecular formula is C25H32Cl3N3O3S. The van der Waals surface area contributed by atoms with Gasteiger partial charge in [0.15, 0.2) is 0 Å². The lowest BCUT2D eigenvalue weighted by molar-refractivity contribution is -0.126. The largest absolute Gasteiger partial charge is 0.355 e. The van der Waals surface area contributed by atoms with Gasteiger partial charge in [-0.05, 0) is 68.6 Å². The maximum atomic E-state index is 13.5. The van der Waals surface area contributed by atoms with Crippen LogP contribution in [0.2, 0.25) is 15.1 Å². The molecule has 1 fully saturated rings. The maximum Gasteiger partial charge on any atom is 0.230 e. The molecule has 3 rings (SSSR count). The molecule has 0 saturated carbocycles. The molecule has 1 aliphatic rings. The van der Waals surface area contributed by atoms with Crippen LogP contribution in [0.3, 0.4) is 0 Å². The lowest BCUT2D eigenvalue weighted by atomic mass is 9.78. The molecule has 1 heterocycles. The van der Waals surface area contributed by atoms with Crippen molar-refractivity contribution in [2.24, 2.45) is 0 Å². The van der Waals surface area contributed by atoms with Gasteiger partial charge in [0.2, 0.25) is 15.9 Å². The van der Waals surface area contributed by atoms with Crippen molar-refractivity contribution in [1.82, 2.24) is 14.5 Å². The third-order valence-corrected chi connectivity index (χ3v) is 9.06. The highest BCUT2D eigenvalue weighted by Crippen LogP contribution is 2.33. The maximum absolute atomic E-state index is 13.5. The Morgan fingerprint density at radius 2 is 1.77 bits per heavy atom. The van der Waals surface area contributed by atoms with E-state index in [9.17, 15) is 13.2 Å². The van der Waals surface area contributed by atoms with Crippen molar-refractivity contribution in [3.63, 3.8) is 0 Å². The molecule has 192 valence electrons. The zero-order valence-electron chi connectivity index (χ0n) is 20.2. The number of amides is 1. The summed E-state index contributed by atoms with van der Waals surface area (Å²) < 4.78 is 25.5. The van der Waals surface area contributed by atoms with Gasteiger partial charge in [0.25, 0.3) is 0 Å². The number of hydrogen-bond donors (Lipinski definition) is 1. The van der Waals surface area contributed by atoms with Crippen LogP contribution in [0.25, 0.3) is 0 Å². The average molecular weight is 561 g/mol. The van der Waals surface area contributed by atoms with Crippen molar-refractivity contribution in [1.29, 1.82) is 0 Å². The molecule has 2 aromatic carbocycles. The van der Waals surface area contributed by atoms with Crippen molar-refractivity contribution in [3.8, 4) is 0 Å². The Hall–Kier alpha value is -1.35. The van der Waals surface area contributed by atoms with Gasteiger partial charge in [-0.25, -0.2) is 8.42 Å². The SMILES string of the molecule is C[C@H]1CN(CCC(C)(C(=O)NCCc2ccc(Cl)cc2)c2ccc(Cl)c(Cl)c2)CCN1S(C)(=O)=O. The predicted molar refractivity (Wildman–Crippen MR) is 144 cm³/mol. The van der Waals surface area contributed by atoms with E-state index in [0.717, 1.165) is 11.1 Å². The van der Waals surface area contributed by atoms with Crippen molar-refractivity contribution < 1.29 is 13.2 Å². The van der Waals surface area contributed by atoms with E-state index in [2.05, 4.69) is 10.2 Å². The van der Waals surface area contributed by atoms with Crippen LogP contribution in [-0.2, 0) is 26.7 Å². The average Bonchev–Trinajstić information content (AvgIpc) is 2.79. The molecular weight excluding hydrogens is 529 g/mol. The molecule has 0 bridgehead atoms. The van der Waals surface area contributed by atoms with Crippen molar-refractivity contribution in [2.45, 2.75) is 38.1 Å². The van der Waals surface area contributed by atoms with E-state index in [0.29, 0.717) is 60.6 Å². The van der Waals surface area contributed by atoms with Crippen molar-refractivity contribution in [3.05, 3.63) is 68.7 Å². The fourth-order valence-electron chi connectivity index (χ4n) is 4.49. The molecule has 1 unspecified atom stereocenters. The summed E-state index contributed by atoms with van der Waals surface area (Å²) in [6.45, 7) is 6.63. The summed E-state index contributed by atoms with van der Waals surface area (Å²) in [6, 6.07) is 12.8. The summed E-state index contributed by atoms with van der Waals surface area (Å²) in [5.41, 5.74) is 1.04. The second kappa shape index (κ2) is 11.8. The van der Waals surface area contributed by atoms with E-state index >= 15 is 0 Å². The number of nitrogens with zero attached hydrogens (tertiary/aromatic N) is 2. The minimum Gasteiger partial charge on any atom is -0.355 e. The number of nitrogens with one attached hydrogen (secondary N) is 1. The van der Waals surface area contributed by atoms with E-state index in [4.69, 9.17) is 34.8 Å². The van der Waals surface area contributed by atoms with Crippen molar-refractivity contribution >= 4 is 50.7 Å². The molecule has 0 spiro atoms. The van der Waals surface area contributed by atoms with E-state index < -0.39 is 15.4 Å². The zero-order chi connectivity index (χ0) is 25.8. The van der Waals surface area contributed by atoms with Gasteiger partial charge in [0, 0.05) is 37.2 Å². The highest BCUT2D eigenvalue weighted by Gasteiger charge is 2.37. The zero-order valence-corrected chi connectivity index (χ0v) is 23.3. The van der Waals surface area contributed by atoms with Crippen LogP contribution in [0, 0.1) is 0 Å². The predicted octanol–water partition coefficient (Wildman–Crippen LogP) is 4.62. The van der Waals surface area contributed by atoms with Crippen molar-refractivity contribution in [2.75, 3.05) is 39.0 Å². The monoisotopic (exact) mass is 559 g/mol. The van der Waals surface area contributed by atoms with Gasteiger partial charge in [0.1, 0.15) is 0 Å². The van der Waals surface area contributed by atoms with Crippen LogP contribution in [-0.4, -0.2) is 68.6 Å². The molecule has 0 aromatic heterocycles. The number of benzene rings is 2. The molecule has 1 N–H and O–H groups in total. The first-order valence-electron chi connectivity index (χ1n) is 11.6. The Balaban J connectivity index is 1.71. The summed E-state index contributed by atoms with van der Waals surface area (Å²) in [5.74, 6) is -0.0901. The molecule has 2 atom stereocenters. The van der Waals surface area contributed by atoms with Crippen LogP contribution < -0.4 is 5.32 Å². The lowest BCUT2D eigenvalue weighted by Gasteiger charge is -2.40. The molecule has 1 saturated heterocycles. The Morgan fingerprint density at radius 1 is 1.09 bits per heavy atom. The Morgan fingerprint density at radius 3 is 2.37 bits per heavy atom. The molecule has 0 radical (unpaired) electrons. The minimum absolute atomic E-state index is 0.0901. The van der Waals surface area contributed by atoms with Gasteiger partial charge in [-0.1, -0.05) is 53.0 Å². The summed E-state index contributed by atoms with van der Waals surface area (Å²) in [5, 5.41) is 4.61. The standard InChI is InChI=1S/C25H32Cl3N3O3S/c1-18-17-30(14-15-31(18)35(3,33)34)13-11-25(2,20-6-9-22(27)23(28)16-20)24(32)29-12-10-19-4-7-21(26)8-5-19/h4-9,16,18H,10-15,17H2,1-3H3,(H,29,32)/t18-,25?/m0/s1. The first-order chi connectivity index (χ1) is 16.4. The van der Waals surface area contributed by atoms with Crippen LogP contribution in [0.4, 0.5) is 0 Å². The van der Waals surface area contributed by atoms with E-state index in [1.54, 1.807) is 12.1 Å². The normalized spacial score (nSPS) is 19.3. The number of piperazine rings is 1. The number of carbonyl (C=O) groups is 1. The Kier molecular flexibility index (Phi) is 9.51. The number of halogens is 3. The topological polar surface area (TPSA) is 69.7 Å². The molecule has 0 aliphatic carbocycles. The summed E-state index contributed by atoms with van der Waals surface area (Å²) in [7, 11) is -3.23. The van der Waals surface area contributed by atoms with Crippen LogP contribution in [0.1, 0.15) is 31.4 Å². The number of sulfonamides is 1. The van der Waals surface area contributed by atoms with E-state index in [1.807, 2.05) is 44.2 Å². The third kappa shape index (κ3) is 7.34. The number of rotatable bonds is 9. The summed E-state index contributed by atoms with van der Waals surface area (Å²) >= 11 is 18.4. The van der Waals surface area contributed by atoms with Gasteiger partial charge in [-0.2, -0.15) is 4.31 Å². The lowest BCUT2D eigenvalue weighted by Crippen LogP contribution is -2.54. The molecule has 6 nitrogen and oxygen atoms in total. The quantitative estimate of drug-likeness (QED) is 0.486. The number of carbonyl (C=O) groups excluding carboxylic acids is 1. The second-order valence-electron chi connectivity index (χ2n) is 9.37. The molecule has 35 heavy (non-hydrogen) atoms. The fraction of sp³-hybridized carbons (Fsp3) is 0.480. The summed E-state index contributed by atoms with van der Waals surface area (Å²) in [6.07, 6.45) is 2.48. The van der Waals surface area contributed by atoms with Gasteiger partial charge in [0.05, 0.1) is 21.7 Å². The fourth-order valence-corrected chi connectivity index (χ4v) is 6.05. The number of hydrogen-bond acceptors (Lipinski definition) is 4. The first kappa shape index (κ1) is 28.2. The van der Waals surface area contributed by atoms with Gasteiger partial charge >= 0.3 is 0 Å². The summed E-state index contributed by atoms with van der Waals surface area (Å²) in [4.78, 5) is 15.7. The Labute approximate surface area is 223 Å². The molecule has 10 heteroatoms. The second-order valence-corrected chi connectivity index (χ2v) is 12.6. The molecule has 1 aliphatic heterocycles. The van der Waals surface area contributed by atoms with Crippen LogP contribution in [0.15, 0.2) is 42.5 Å². The van der Waals surface area contributed by atoms with E-state index in [-0.39, 0.29) is 11.9 Å². The van der Waals surface area contributed by atoms with Gasteiger partial charge < -0.3 is 10.2 Å². The van der Waals surface area contributed by atoms with Gasteiger partial charge in [-0.3, -0.25) is 4.79 Å².